The van der Waals surface area contributed by atoms with Crippen molar-refractivity contribution in [1.82, 2.24) is 0 Å². The fraction of sp³-hybridized carbons (Fsp3) is 0.500. The Morgan fingerprint density at radius 2 is 2.00 bits per heavy atom. The van der Waals surface area contributed by atoms with Crippen LogP contribution in [0.1, 0.15) is 31.7 Å². The van der Waals surface area contributed by atoms with Gasteiger partial charge in [-0.1, -0.05) is 12.2 Å². The number of hydrogen-bond donors (Lipinski definition) is 1. The lowest BCUT2D eigenvalue weighted by molar-refractivity contribution is -0.121. The Balaban J connectivity index is 1.86. The minimum absolute atomic E-state index is 0.137. The van der Waals surface area contributed by atoms with E-state index in [9.17, 15) is 4.79 Å². The highest BCUT2D eigenvalue weighted by Gasteiger charge is 2.31. The van der Waals surface area contributed by atoms with Crippen LogP contribution >= 0.6 is 12.2 Å². The van der Waals surface area contributed by atoms with Crippen LogP contribution in [0.25, 0.3) is 0 Å². The molecule has 1 amide bonds. The lowest BCUT2D eigenvalue weighted by Crippen LogP contribution is -2.36. The SMILES string of the molecule is CCOC1CC(CC(=O)N(C)c2ccc(C(N)=S)cc2)C1. The third kappa shape index (κ3) is 4.02. The molecule has 2 rings (SSSR count). The van der Waals surface area contributed by atoms with Gasteiger partial charge in [-0.3, -0.25) is 4.79 Å². The fourth-order valence-electron chi connectivity index (χ4n) is 2.59. The second kappa shape index (κ2) is 7.00. The van der Waals surface area contributed by atoms with Gasteiger partial charge in [-0.25, -0.2) is 0 Å². The zero-order valence-corrected chi connectivity index (χ0v) is 13.4. The molecule has 1 aromatic carbocycles. The summed E-state index contributed by atoms with van der Waals surface area (Å²) in [4.78, 5) is 14.3. The Morgan fingerprint density at radius 3 is 2.52 bits per heavy atom. The third-order valence-corrected chi connectivity index (χ3v) is 4.21. The number of amides is 1. The number of hydrogen-bond acceptors (Lipinski definition) is 3. The molecule has 5 heteroatoms. The molecule has 0 atom stereocenters. The predicted molar refractivity (Wildman–Crippen MR) is 88.5 cm³/mol. The number of nitrogens with zero attached hydrogens (tertiary/aromatic N) is 1. The zero-order chi connectivity index (χ0) is 15.4. The lowest BCUT2D eigenvalue weighted by Gasteiger charge is -2.35. The van der Waals surface area contributed by atoms with Crippen LogP contribution in [0.2, 0.25) is 0 Å². The number of anilines is 1. The van der Waals surface area contributed by atoms with Crippen molar-refractivity contribution >= 4 is 28.8 Å². The van der Waals surface area contributed by atoms with Gasteiger partial charge in [0.15, 0.2) is 0 Å². The van der Waals surface area contributed by atoms with Crippen LogP contribution in [-0.4, -0.2) is 30.7 Å². The van der Waals surface area contributed by atoms with E-state index in [1.165, 1.54) is 0 Å². The van der Waals surface area contributed by atoms with Gasteiger partial charge in [-0.2, -0.15) is 0 Å². The number of nitrogens with two attached hydrogens (primary N) is 1. The maximum Gasteiger partial charge on any atom is 0.226 e. The molecule has 0 saturated heterocycles. The van der Waals surface area contributed by atoms with Crippen molar-refractivity contribution in [2.24, 2.45) is 11.7 Å². The average Bonchev–Trinajstić information content (AvgIpc) is 2.44. The molecule has 1 aliphatic rings. The number of rotatable bonds is 6. The molecule has 1 aromatic rings. The maximum absolute atomic E-state index is 12.3. The van der Waals surface area contributed by atoms with E-state index in [2.05, 4.69) is 0 Å². The van der Waals surface area contributed by atoms with Gasteiger partial charge in [0.25, 0.3) is 0 Å². The van der Waals surface area contributed by atoms with Crippen molar-refractivity contribution in [2.45, 2.75) is 32.3 Å². The molecule has 0 unspecified atom stereocenters. The smallest absolute Gasteiger partial charge is 0.226 e. The van der Waals surface area contributed by atoms with Crippen LogP contribution in [0.3, 0.4) is 0 Å². The summed E-state index contributed by atoms with van der Waals surface area (Å²) in [6.07, 6.45) is 2.92. The summed E-state index contributed by atoms with van der Waals surface area (Å²) in [7, 11) is 1.80. The molecule has 0 heterocycles. The fourth-order valence-corrected chi connectivity index (χ4v) is 2.73. The summed E-state index contributed by atoms with van der Waals surface area (Å²) in [5, 5.41) is 0. The number of benzene rings is 1. The second-order valence-corrected chi connectivity index (χ2v) is 5.92. The predicted octanol–water partition coefficient (Wildman–Crippen LogP) is 2.49. The van der Waals surface area contributed by atoms with Crippen molar-refractivity contribution in [3.05, 3.63) is 29.8 Å². The van der Waals surface area contributed by atoms with E-state index < -0.39 is 0 Å². The highest BCUT2D eigenvalue weighted by Crippen LogP contribution is 2.33. The summed E-state index contributed by atoms with van der Waals surface area (Å²) in [6, 6.07) is 7.43. The molecule has 0 bridgehead atoms. The Morgan fingerprint density at radius 1 is 1.38 bits per heavy atom. The van der Waals surface area contributed by atoms with Crippen LogP contribution in [0.5, 0.6) is 0 Å². The van der Waals surface area contributed by atoms with E-state index in [0.29, 0.717) is 23.4 Å². The molecule has 0 aliphatic heterocycles. The second-order valence-electron chi connectivity index (χ2n) is 5.48. The third-order valence-electron chi connectivity index (χ3n) is 3.97. The van der Waals surface area contributed by atoms with Crippen molar-refractivity contribution in [3.63, 3.8) is 0 Å². The largest absolute Gasteiger partial charge is 0.389 e. The quantitative estimate of drug-likeness (QED) is 0.820. The van der Waals surface area contributed by atoms with Gasteiger partial charge in [-0.15, -0.1) is 0 Å². The van der Waals surface area contributed by atoms with Crippen LogP contribution in [0, 0.1) is 5.92 Å². The Labute approximate surface area is 131 Å². The first kappa shape index (κ1) is 15.9. The maximum atomic E-state index is 12.3. The summed E-state index contributed by atoms with van der Waals surface area (Å²) in [5.74, 6) is 0.588. The van der Waals surface area contributed by atoms with Crippen LogP contribution < -0.4 is 10.6 Å². The van der Waals surface area contributed by atoms with Gasteiger partial charge in [0.1, 0.15) is 4.99 Å². The standard InChI is InChI=1S/C16H22N2O2S/c1-3-20-14-8-11(9-14)10-15(19)18(2)13-6-4-12(5-7-13)16(17)21/h4-7,11,14H,3,8-10H2,1-2H3,(H2,17,21). The molecule has 4 nitrogen and oxygen atoms in total. The first-order valence-electron chi connectivity index (χ1n) is 7.29. The first-order chi connectivity index (χ1) is 10.0. The Bertz CT molecular complexity index is 510. The lowest BCUT2D eigenvalue weighted by atomic mass is 9.79. The zero-order valence-electron chi connectivity index (χ0n) is 12.5. The van der Waals surface area contributed by atoms with E-state index in [0.717, 1.165) is 30.7 Å². The van der Waals surface area contributed by atoms with Gasteiger partial charge in [0.2, 0.25) is 5.91 Å². The number of thiocarbonyl (C=S) groups is 1. The van der Waals surface area contributed by atoms with Crippen LogP contribution in [-0.2, 0) is 9.53 Å². The molecule has 2 N–H and O–H groups in total. The number of carbonyl (C=O) groups excluding carboxylic acids is 1. The minimum atomic E-state index is 0.137. The molecule has 114 valence electrons. The van der Waals surface area contributed by atoms with Gasteiger partial charge >= 0.3 is 0 Å². The molecule has 1 fully saturated rings. The molecule has 21 heavy (non-hydrogen) atoms. The van der Waals surface area contributed by atoms with Gasteiger partial charge in [0, 0.05) is 31.3 Å². The molecule has 0 radical (unpaired) electrons. The molecule has 0 spiro atoms. The van der Waals surface area contributed by atoms with E-state index >= 15 is 0 Å². The van der Waals surface area contributed by atoms with Crippen molar-refractivity contribution in [2.75, 3.05) is 18.6 Å². The molecular formula is C16H22N2O2S. The Kier molecular flexibility index (Phi) is 5.31. The number of ether oxygens (including phenoxy) is 1. The van der Waals surface area contributed by atoms with Crippen molar-refractivity contribution in [1.29, 1.82) is 0 Å². The number of carbonyl (C=O) groups is 1. The van der Waals surface area contributed by atoms with E-state index in [1.54, 1.807) is 11.9 Å². The Hall–Kier alpha value is -1.46. The van der Waals surface area contributed by atoms with Crippen molar-refractivity contribution < 1.29 is 9.53 Å². The molecule has 1 saturated carbocycles. The highest BCUT2D eigenvalue weighted by atomic mass is 32.1. The monoisotopic (exact) mass is 306 g/mol. The van der Waals surface area contributed by atoms with Gasteiger partial charge in [0.05, 0.1) is 6.10 Å². The van der Waals surface area contributed by atoms with Gasteiger partial charge in [-0.05, 0) is 49.9 Å². The van der Waals surface area contributed by atoms with Crippen LogP contribution in [0.4, 0.5) is 5.69 Å². The van der Waals surface area contributed by atoms with E-state index in [1.807, 2.05) is 31.2 Å². The van der Waals surface area contributed by atoms with Gasteiger partial charge < -0.3 is 15.4 Å². The highest BCUT2D eigenvalue weighted by molar-refractivity contribution is 7.80. The average molecular weight is 306 g/mol. The first-order valence-corrected chi connectivity index (χ1v) is 7.70. The molecule has 0 aromatic heterocycles. The van der Waals surface area contributed by atoms with Crippen molar-refractivity contribution in [3.8, 4) is 0 Å². The summed E-state index contributed by atoms with van der Waals surface area (Å²) in [5.41, 5.74) is 7.24. The molecule has 1 aliphatic carbocycles. The summed E-state index contributed by atoms with van der Waals surface area (Å²) >= 11 is 4.92. The topological polar surface area (TPSA) is 55.6 Å². The summed E-state index contributed by atoms with van der Waals surface area (Å²) < 4.78 is 5.52. The minimum Gasteiger partial charge on any atom is -0.389 e. The van der Waals surface area contributed by atoms with E-state index in [4.69, 9.17) is 22.7 Å². The normalized spacial score (nSPS) is 20.7. The summed E-state index contributed by atoms with van der Waals surface area (Å²) in [6.45, 7) is 2.75. The van der Waals surface area contributed by atoms with Crippen LogP contribution in [0.15, 0.2) is 24.3 Å². The molecular weight excluding hydrogens is 284 g/mol. The van der Waals surface area contributed by atoms with E-state index in [-0.39, 0.29) is 5.91 Å².